The SMILES string of the molecule is N#Cc1c(-c2cccc(Br)c2)cc(-c2ccc(-c3ccccc3)cc2)[nH]c1=O. The van der Waals surface area contributed by atoms with Crippen LogP contribution in [0.2, 0.25) is 0 Å². The third-order valence-electron chi connectivity index (χ3n) is 4.58. The summed E-state index contributed by atoms with van der Waals surface area (Å²) in [6.45, 7) is 0. The minimum absolute atomic E-state index is 0.114. The summed E-state index contributed by atoms with van der Waals surface area (Å²) in [6, 6.07) is 29.6. The third-order valence-corrected chi connectivity index (χ3v) is 5.08. The van der Waals surface area contributed by atoms with Crippen LogP contribution in [0.1, 0.15) is 5.56 Å². The van der Waals surface area contributed by atoms with Crippen molar-refractivity contribution in [2.75, 3.05) is 0 Å². The molecule has 3 aromatic carbocycles. The minimum Gasteiger partial charge on any atom is -0.321 e. The lowest BCUT2D eigenvalue weighted by Crippen LogP contribution is -2.12. The van der Waals surface area contributed by atoms with Crippen LogP contribution in [0, 0.1) is 11.3 Å². The van der Waals surface area contributed by atoms with E-state index < -0.39 is 0 Å². The first-order chi connectivity index (χ1) is 13.7. The molecule has 1 heterocycles. The zero-order chi connectivity index (χ0) is 19.5. The molecule has 0 spiro atoms. The molecule has 134 valence electrons. The van der Waals surface area contributed by atoms with E-state index in [1.165, 1.54) is 0 Å². The first-order valence-corrected chi connectivity index (χ1v) is 9.54. The van der Waals surface area contributed by atoms with Crippen LogP contribution in [0.25, 0.3) is 33.5 Å². The van der Waals surface area contributed by atoms with Crippen molar-refractivity contribution in [3.63, 3.8) is 0 Å². The molecular weight excluding hydrogens is 412 g/mol. The van der Waals surface area contributed by atoms with Gasteiger partial charge in [0.1, 0.15) is 11.6 Å². The lowest BCUT2D eigenvalue weighted by atomic mass is 9.98. The molecule has 1 aromatic heterocycles. The van der Waals surface area contributed by atoms with E-state index in [4.69, 9.17) is 0 Å². The van der Waals surface area contributed by atoms with E-state index >= 15 is 0 Å². The second-order valence-electron chi connectivity index (χ2n) is 6.37. The molecule has 4 aromatic rings. The molecule has 0 aliphatic carbocycles. The lowest BCUT2D eigenvalue weighted by molar-refractivity contribution is 1.22. The molecule has 0 saturated heterocycles. The first-order valence-electron chi connectivity index (χ1n) is 8.75. The zero-order valence-electron chi connectivity index (χ0n) is 14.8. The van der Waals surface area contributed by atoms with Crippen LogP contribution >= 0.6 is 15.9 Å². The topological polar surface area (TPSA) is 56.6 Å². The smallest absolute Gasteiger partial charge is 0.266 e. The van der Waals surface area contributed by atoms with Crippen molar-refractivity contribution in [2.24, 2.45) is 0 Å². The van der Waals surface area contributed by atoms with Gasteiger partial charge in [-0.15, -0.1) is 0 Å². The van der Waals surface area contributed by atoms with E-state index in [-0.39, 0.29) is 11.1 Å². The maximum Gasteiger partial charge on any atom is 0.266 e. The molecule has 0 aliphatic heterocycles. The van der Waals surface area contributed by atoms with Crippen LogP contribution in [0.3, 0.4) is 0 Å². The monoisotopic (exact) mass is 426 g/mol. The molecule has 4 heteroatoms. The Morgan fingerprint density at radius 2 is 1.39 bits per heavy atom. The highest BCUT2D eigenvalue weighted by Gasteiger charge is 2.13. The predicted octanol–water partition coefficient (Wildman–Crippen LogP) is 6.01. The molecule has 0 saturated carbocycles. The van der Waals surface area contributed by atoms with Gasteiger partial charge in [0.25, 0.3) is 5.56 Å². The van der Waals surface area contributed by atoms with E-state index in [9.17, 15) is 10.1 Å². The quantitative estimate of drug-likeness (QED) is 0.435. The summed E-state index contributed by atoms with van der Waals surface area (Å²) >= 11 is 3.45. The lowest BCUT2D eigenvalue weighted by Gasteiger charge is -2.09. The third kappa shape index (κ3) is 3.53. The summed E-state index contributed by atoms with van der Waals surface area (Å²) in [6.07, 6.45) is 0. The van der Waals surface area contributed by atoms with Crippen LogP contribution in [0.15, 0.2) is 94.2 Å². The van der Waals surface area contributed by atoms with Crippen molar-refractivity contribution in [1.29, 1.82) is 5.26 Å². The number of hydrogen-bond acceptors (Lipinski definition) is 2. The number of aromatic amines is 1. The van der Waals surface area contributed by atoms with Gasteiger partial charge in [-0.05, 0) is 40.5 Å². The minimum atomic E-state index is -0.387. The van der Waals surface area contributed by atoms with Crippen molar-refractivity contribution >= 4 is 15.9 Å². The zero-order valence-corrected chi connectivity index (χ0v) is 16.4. The summed E-state index contributed by atoms with van der Waals surface area (Å²) in [5.41, 5.74) is 4.97. The van der Waals surface area contributed by atoms with Crippen LogP contribution in [0.5, 0.6) is 0 Å². The van der Waals surface area contributed by atoms with Crippen LogP contribution in [-0.2, 0) is 0 Å². The standard InChI is InChI=1S/C24H15BrN2O/c25-20-8-4-7-19(13-20)21-14-23(27-24(28)22(21)15-26)18-11-9-17(10-12-18)16-5-2-1-3-6-16/h1-14H,(H,27,28). The van der Waals surface area contributed by atoms with Gasteiger partial charge < -0.3 is 4.98 Å². The highest BCUT2D eigenvalue weighted by atomic mass is 79.9. The fraction of sp³-hybridized carbons (Fsp3) is 0. The second kappa shape index (κ2) is 7.67. The van der Waals surface area contributed by atoms with Gasteiger partial charge in [-0.25, -0.2) is 0 Å². The average molecular weight is 427 g/mol. The Hall–Kier alpha value is -3.42. The number of H-pyrrole nitrogens is 1. The van der Waals surface area contributed by atoms with Gasteiger partial charge >= 0.3 is 0 Å². The van der Waals surface area contributed by atoms with Gasteiger partial charge in [-0.2, -0.15) is 5.26 Å². The summed E-state index contributed by atoms with van der Waals surface area (Å²) in [5, 5.41) is 9.47. The highest BCUT2D eigenvalue weighted by Crippen LogP contribution is 2.29. The Morgan fingerprint density at radius 1 is 0.750 bits per heavy atom. The molecule has 0 unspecified atom stereocenters. The number of pyridine rings is 1. The summed E-state index contributed by atoms with van der Waals surface area (Å²) in [5.74, 6) is 0. The maximum absolute atomic E-state index is 12.5. The fourth-order valence-corrected chi connectivity index (χ4v) is 3.58. The molecule has 0 amide bonds. The van der Waals surface area contributed by atoms with Crippen molar-refractivity contribution < 1.29 is 0 Å². The summed E-state index contributed by atoms with van der Waals surface area (Å²) in [4.78, 5) is 15.4. The van der Waals surface area contributed by atoms with E-state index in [0.29, 0.717) is 11.3 Å². The number of aromatic nitrogens is 1. The summed E-state index contributed by atoms with van der Waals surface area (Å²) < 4.78 is 0.892. The van der Waals surface area contributed by atoms with Crippen LogP contribution in [-0.4, -0.2) is 4.98 Å². The van der Waals surface area contributed by atoms with E-state index in [1.807, 2.05) is 78.9 Å². The Balaban J connectivity index is 1.81. The average Bonchev–Trinajstić information content (AvgIpc) is 2.74. The van der Waals surface area contributed by atoms with Gasteiger partial charge in [-0.3, -0.25) is 4.79 Å². The number of halogens is 1. The molecule has 3 nitrogen and oxygen atoms in total. The van der Waals surface area contributed by atoms with Crippen LogP contribution in [0.4, 0.5) is 0 Å². The largest absolute Gasteiger partial charge is 0.321 e. The highest BCUT2D eigenvalue weighted by molar-refractivity contribution is 9.10. The van der Waals surface area contributed by atoms with Gasteiger partial charge in [0.15, 0.2) is 0 Å². The molecule has 0 bridgehead atoms. The molecule has 0 fully saturated rings. The normalized spacial score (nSPS) is 10.4. The van der Waals surface area contributed by atoms with Crippen molar-refractivity contribution in [1.82, 2.24) is 4.98 Å². The maximum atomic E-state index is 12.5. The number of benzene rings is 3. The van der Waals surface area contributed by atoms with Gasteiger partial charge in [0.2, 0.25) is 0 Å². The van der Waals surface area contributed by atoms with Crippen molar-refractivity contribution in [3.8, 4) is 39.6 Å². The Bertz CT molecular complexity index is 1240. The molecule has 0 radical (unpaired) electrons. The van der Waals surface area contributed by atoms with Gasteiger partial charge in [0, 0.05) is 15.7 Å². The number of nitrogens with zero attached hydrogens (tertiary/aromatic N) is 1. The van der Waals surface area contributed by atoms with Crippen molar-refractivity contribution in [2.45, 2.75) is 0 Å². The Kier molecular flexibility index (Phi) is 4.92. The van der Waals surface area contributed by atoms with Gasteiger partial charge in [-0.1, -0.05) is 82.7 Å². The van der Waals surface area contributed by atoms with E-state index in [2.05, 4.69) is 33.0 Å². The van der Waals surface area contributed by atoms with E-state index in [1.54, 1.807) is 0 Å². The molecule has 0 aliphatic rings. The number of nitrogens with one attached hydrogen (secondary N) is 1. The molecular formula is C24H15BrN2O. The molecule has 4 rings (SSSR count). The predicted molar refractivity (Wildman–Crippen MR) is 116 cm³/mol. The van der Waals surface area contributed by atoms with Gasteiger partial charge in [0.05, 0.1) is 0 Å². The molecule has 28 heavy (non-hydrogen) atoms. The first kappa shape index (κ1) is 18.0. The second-order valence-corrected chi connectivity index (χ2v) is 7.28. The van der Waals surface area contributed by atoms with E-state index in [0.717, 1.165) is 26.7 Å². The number of hydrogen-bond donors (Lipinski definition) is 1. The Morgan fingerprint density at radius 3 is 2.07 bits per heavy atom. The Labute approximate surface area is 171 Å². The number of rotatable bonds is 3. The number of nitriles is 1. The fourth-order valence-electron chi connectivity index (χ4n) is 3.18. The molecule has 1 N–H and O–H groups in total. The van der Waals surface area contributed by atoms with Crippen molar-refractivity contribution in [3.05, 3.63) is 105 Å². The summed E-state index contributed by atoms with van der Waals surface area (Å²) in [7, 11) is 0. The van der Waals surface area contributed by atoms with Crippen LogP contribution < -0.4 is 5.56 Å². The molecule has 0 atom stereocenters.